The van der Waals surface area contributed by atoms with Crippen molar-refractivity contribution in [1.29, 1.82) is 0 Å². The van der Waals surface area contributed by atoms with Crippen LogP contribution < -0.4 is 5.73 Å². The van der Waals surface area contributed by atoms with Gasteiger partial charge in [-0.15, -0.1) is 0 Å². The van der Waals surface area contributed by atoms with E-state index in [1.165, 1.54) is 19.2 Å². The van der Waals surface area contributed by atoms with E-state index in [9.17, 15) is 9.18 Å². The van der Waals surface area contributed by atoms with Crippen LogP contribution in [-0.2, 0) is 16.0 Å². The maximum Gasteiger partial charge on any atom is 0.338 e. The number of rotatable bonds is 3. The van der Waals surface area contributed by atoms with E-state index in [1.54, 1.807) is 0 Å². The monoisotopic (exact) mass is 265 g/mol. The van der Waals surface area contributed by atoms with Gasteiger partial charge in [-0.3, -0.25) is 0 Å². The lowest BCUT2D eigenvalue weighted by molar-refractivity contribution is 0.0599. The molecule has 0 aromatic heterocycles. The average molecular weight is 265 g/mol. The van der Waals surface area contributed by atoms with Crippen molar-refractivity contribution in [3.63, 3.8) is 0 Å². The van der Waals surface area contributed by atoms with Gasteiger partial charge in [0.05, 0.1) is 25.9 Å². The van der Waals surface area contributed by atoms with Crippen LogP contribution in [0.1, 0.15) is 27.9 Å². The van der Waals surface area contributed by atoms with E-state index in [4.69, 9.17) is 15.2 Å². The van der Waals surface area contributed by atoms with Crippen LogP contribution in [0.15, 0.2) is 18.2 Å². The molecule has 0 atom stereocenters. The second-order valence-electron chi connectivity index (χ2n) is 4.24. The van der Waals surface area contributed by atoms with Gasteiger partial charge in [0.15, 0.2) is 0 Å². The first-order chi connectivity index (χ1) is 9.17. The molecule has 0 bridgehead atoms. The number of esters is 1. The number of halogens is 1. The van der Waals surface area contributed by atoms with Crippen molar-refractivity contribution < 1.29 is 18.7 Å². The minimum Gasteiger partial charge on any atom is -0.465 e. The molecule has 0 fully saturated rings. The Morgan fingerprint density at radius 1 is 1.53 bits per heavy atom. The lowest BCUT2D eigenvalue weighted by Gasteiger charge is -2.16. The van der Waals surface area contributed by atoms with Gasteiger partial charge in [-0.25, -0.2) is 9.18 Å². The third kappa shape index (κ3) is 2.83. The molecule has 102 valence electrons. The summed E-state index contributed by atoms with van der Waals surface area (Å²) in [6, 6.07) is 2.82. The van der Waals surface area contributed by atoms with Crippen LogP contribution in [0, 0.1) is 5.82 Å². The quantitative estimate of drug-likeness (QED) is 0.848. The van der Waals surface area contributed by atoms with Gasteiger partial charge >= 0.3 is 5.97 Å². The van der Waals surface area contributed by atoms with Gasteiger partial charge in [0, 0.05) is 12.1 Å². The van der Waals surface area contributed by atoms with E-state index in [2.05, 4.69) is 0 Å². The van der Waals surface area contributed by atoms with E-state index >= 15 is 0 Å². The van der Waals surface area contributed by atoms with E-state index in [0.29, 0.717) is 36.3 Å². The van der Waals surface area contributed by atoms with Crippen LogP contribution in [0.5, 0.6) is 0 Å². The number of nitrogens with two attached hydrogens (primary N) is 1. The number of hydrogen-bond donors (Lipinski definition) is 1. The highest BCUT2D eigenvalue weighted by Crippen LogP contribution is 2.27. The summed E-state index contributed by atoms with van der Waals surface area (Å²) in [7, 11) is 1.29. The zero-order chi connectivity index (χ0) is 13.8. The molecule has 1 aromatic carbocycles. The number of methoxy groups -OCH3 is 1. The maximum atomic E-state index is 14.1. The summed E-state index contributed by atoms with van der Waals surface area (Å²) in [6.07, 6.45) is 2.45. The van der Waals surface area contributed by atoms with Gasteiger partial charge in [0.2, 0.25) is 0 Å². The molecule has 4 nitrogen and oxygen atoms in total. The van der Waals surface area contributed by atoms with Crippen LogP contribution >= 0.6 is 0 Å². The molecule has 0 saturated heterocycles. The largest absolute Gasteiger partial charge is 0.465 e. The summed E-state index contributed by atoms with van der Waals surface area (Å²) in [6.45, 7) is 1.10. The number of benzene rings is 1. The Kier molecular flexibility index (Phi) is 4.29. The van der Waals surface area contributed by atoms with Gasteiger partial charge in [-0.1, -0.05) is 6.08 Å². The Morgan fingerprint density at radius 2 is 2.32 bits per heavy atom. The summed E-state index contributed by atoms with van der Waals surface area (Å²) < 4.78 is 24.0. The maximum absolute atomic E-state index is 14.1. The Balaban J connectivity index is 2.49. The second-order valence-corrected chi connectivity index (χ2v) is 4.24. The number of carbonyl (C=O) groups excluding carboxylic acids is 1. The Labute approximate surface area is 111 Å². The first-order valence-corrected chi connectivity index (χ1v) is 6.05. The number of carbonyl (C=O) groups is 1. The molecule has 1 aliphatic rings. The highest BCUT2D eigenvalue weighted by atomic mass is 19.1. The van der Waals surface area contributed by atoms with Crippen molar-refractivity contribution in [1.82, 2.24) is 0 Å². The van der Waals surface area contributed by atoms with Crippen LogP contribution in [0.2, 0.25) is 0 Å². The number of hydrogen-bond acceptors (Lipinski definition) is 4. The van der Waals surface area contributed by atoms with Gasteiger partial charge in [0.1, 0.15) is 5.82 Å². The lowest BCUT2D eigenvalue weighted by Crippen LogP contribution is -2.12. The van der Waals surface area contributed by atoms with Crippen molar-refractivity contribution in [2.75, 3.05) is 20.3 Å². The number of ether oxygens (including phenoxy) is 2. The van der Waals surface area contributed by atoms with Crippen molar-refractivity contribution >= 4 is 11.5 Å². The van der Waals surface area contributed by atoms with E-state index in [1.807, 2.05) is 6.08 Å². The standard InChI is InChI=1S/C14H16FNO3/c1-18-14(17)12-7-11(9-2-4-19-5-3-9)13(15)6-10(12)8-16/h2,6-7H,3-5,8,16H2,1H3. The van der Waals surface area contributed by atoms with Gasteiger partial charge in [-0.05, 0) is 29.7 Å². The second kappa shape index (κ2) is 5.95. The SMILES string of the molecule is COC(=O)c1cc(C2=CCOCC2)c(F)cc1CN. The molecule has 1 aromatic rings. The fraction of sp³-hybridized carbons (Fsp3) is 0.357. The molecular weight excluding hydrogens is 249 g/mol. The molecule has 19 heavy (non-hydrogen) atoms. The molecule has 2 N–H and O–H groups in total. The van der Waals surface area contributed by atoms with Crippen LogP contribution in [0.25, 0.3) is 5.57 Å². The van der Waals surface area contributed by atoms with E-state index in [0.717, 1.165) is 5.57 Å². The minimum atomic E-state index is -0.505. The van der Waals surface area contributed by atoms with Crippen molar-refractivity contribution in [2.24, 2.45) is 5.73 Å². The van der Waals surface area contributed by atoms with Crippen molar-refractivity contribution in [2.45, 2.75) is 13.0 Å². The predicted octanol–water partition coefficient (Wildman–Crippen LogP) is 1.87. The van der Waals surface area contributed by atoms with Gasteiger partial charge in [0.25, 0.3) is 0 Å². The first kappa shape index (κ1) is 13.7. The van der Waals surface area contributed by atoms with Gasteiger partial charge < -0.3 is 15.2 Å². The molecule has 2 rings (SSSR count). The molecule has 0 aliphatic carbocycles. The van der Waals surface area contributed by atoms with Gasteiger partial charge in [-0.2, -0.15) is 0 Å². The summed E-state index contributed by atoms with van der Waals surface area (Å²) >= 11 is 0. The normalized spacial score (nSPS) is 15.0. The smallest absolute Gasteiger partial charge is 0.338 e. The summed E-state index contributed by atoms with van der Waals surface area (Å²) in [4.78, 5) is 11.7. The van der Waals surface area contributed by atoms with E-state index in [-0.39, 0.29) is 12.4 Å². The molecule has 5 heteroatoms. The van der Waals surface area contributed by atoms with E-state index < -0.39 is 5.97 Å². The molecule has 1 aliphatic heterocycles. The zero-order valence-electron chi connectivity index (χ0n) is 10.7. The fourth-order valence-corrected chi connectivity index (χ4v) is 2.10. The molecular formula is C14H16FNO3. The summed E-state index contributed by atoms with van der Waals surface area (Å²) in [5.41, 5.74) is 7.55. The summed E-state index contributed by atoms with van der Waals surface area (Å²) in [5.74, 6) is -0.879. The molecule has 0 radical (unpaired) electrons. The van der Waals surface area contributed by atoms with Crippen LogP contribution in [0.4, 0.5) is 4.39 Å². The molecule has 0 spiro atoms. The highest BCUT2D eigenvalue weighted by Gasteiger charge is 2.18. The highest BCUT2D eigenvalue weighted by molar-refractivity contribution is 5.92. The Morgan fingerprint density at radius 3 is 2.89 bits per heavy atom. The molecule has 0 unspecified atom stereocenters. The molecule has 0 saturated carbocycles. The Bertz CT molecular complexity index is 526. The third-order valence-electron chi connectivity index (χ3n) is 3.13. The average Bonchev–Trinajstić information content (AvgIpc) is 2.47. The molecule has 1 heterocycles. The molecule has 0 amide bonds. The van der Waals surface area contributed by atoms with Crippen molar-refractivity contribution in [3.05, 3.63) is 40.7 Å². The topological polar surface area (TPSA) is 61.5 Å². The Hall–Kier alpha value is -1.72. The first-order valence-electron chi connectivity index (χ1n) is 6.05. The third-order valence-corrected chi connectivity index (χ3v) is 3.13. The zero-order valence-corrected chi connectivity index (χ0v) is 10.7. The van der Waals surface area contributed by atoms with Crippen molar-refractivity contribution in [3.8, 4) is 0 Å². The van der Waals surface area contributed by atoms with Crippen LogP contribution in [-0.4, -0.2) is 26.3 Å². The fourth-order valence-electron chi connectivity index (χ4n) is 2.10. The minimum absolute atomic E-state index is 0.0871. The lowest BCUT2D eigenvalue weighted by atomic mass is 9.96. The summed E-state index contributed by atoms with van der Waals surface area (Å²) in [5, 5.41) is 0. The predicted molar refractivity (Wildman–Crippen MR) is 69.0 cm³/mol. The van der Waals surface area contributed by atoms with Crippen LogP contribution in [0.3, 0.4) is 0 Å².